The zero-order chi connectivity index (χ0) is 20.1. The van der Waals surface area contributed by atoms with Crippen LogP contribution in [-0.4, -0.2) is 95.0 Å². The Morgan fingerprint density at radius 1 is 1.25 bits per heavy atom. The highest BCUT2D eigenvalue weighted by atomic mass is 16.5. The Labute approximate surface area is 164 Å². The topological polar surface area (TPSA) is 90.2 Å². The van der Waals surface area contributed by atoms with E-state index < -0.39 is 0 Å². The van der Waals surface area contributed by atoms with Gasteiger partial charge in [0.2, 0.25) is 11.7 Å². The van der Waals surface area contributed by atoms with E-state index in [9.17, 15) is 14.4 Å². The fraction of sp³-hybridized carbons (Fsp3) is 0.684. The lowest BCUT2D eigenvalue weighted by atomic mass is 9.75. The maximum Gasteiger partial charge on any atom is 0.319 e. The number of carbonyl (C=O) groups is 3. The van der Waals surface area contributed by atoms with Crippen molar-refractivity contribution in [2.24, 2.45) is 11.8 Å². The van der Waals surface area contributed by atoms with E-state index in [-0.39, 0.29) is 41.0 Å². The van der Waals surface area contributed by atoms with Crippen LogP contribution >= 0.6 is 0 Å². The third kappa shape index (κ3) is 2.67. The van der Waals surface area contributed by atoms with E-state index in [1.807, 2.05) is 11.8 Å². The van der Waals surface area contributed by atoms with Crippen molar-refractivity contribution in [2.45, 2.75) is 25.3 Å². The first-order valence-corrected chi connectivity index (χ1v) is 9.86. The molecule has 1 spiro atoms. The molecule has 0 aliphatic carbocycles. The van der Waals surface area contributed by atoms with E-state index in [0.717, 1.165) is 12.8 Å². The summed E-state index contributed by atoms with van der Waals surface area (Å²) in [5, 5.41) is 3.61. The molecule has 4 heterocycles. The molecule has 9 heteroatoms. The molecule has 0 radical (unpaired) electrons. The molecular formula is C19H27N5O4. The summed E-state index contributed by atoms with van der Waals surface area (Å²) in [6.07, 6.45) is 2.90. The van der Waals surface area contributed by atoms with Crippen molar-refractivity contribution < 1.29 is 18.9 Å². The van der Waals surface area contributed by atoms with Crippen LogP contribution in [0.3, 0.4) is 0 Å². The van der Waals surface area contributed by atoms with E-state index in [4.69, 9.17) is 4.52 Å². The third-order valence-corrected chi connectivity index (χ3v) is 6.67. The first-order chi connectivity index (χ1) is 13.4. The summed E-state index contributed by atoms with van der Waals surface area (Å²) in [6.45, 7) is 4.88. The molecule has 2 atom stereocenters. The van der Waals surface area contributed by atoms with Gasteiger partial charge in [-0.3, -0.25) is 9.59 Å². The van der Waals surface area contributed by atoms with Gasteiger partial charge in [0.15, 0.2) is 0 Å². The molecular weight excluding hydrogens is 362 g/mol. The predicted molar refractivity (Wildman–Crippen MR) is 99.4 cm³/mol. The molecule has 0 saturated carbocycles. The van der Waals surface area contributed by atoms with Crippen molar-refractivity contribution in [1.82, 2.24) is 24.8 Å². The van der Waals surface area contributed by atoms with Crippen molar-refractivity contribution in [2.75, 3.05) is 46.8 Å². The van der Waals surface area contributed by atoms with Crippen LogP contribution in [0.2, 0.25) is 0 Å². The van der Waals surface area contributed by atoms with Crippen LogP contribution in [0.4, 0.5) is 4.79 Å². The normalized spacial score (nSPS) is 26.1. The van der Waals surface area contributed by atoms with Gasteiger partial charge in [-0.1, -0.05) is 5.16 Å². The van der Waals surface area contributed by atoms with Gasteiger partial charge in [0.05, 0.1) is 17.7 Å². The Morgan fingerprint density at radius 2 is 1.96 bits per heavy atom. The van der Waals surface area contributed by atoms with Gasteiger partial charge in [0.25, 0.3) is 5.91 Å². The highest BCUT2D eigenvalue weighted by molar-refractivity contribution is 5.91. The minimum absolute atomic E-state index is 0.0432. The fourth-order valence-corrected chi connectivity index (χ4v) is 5.35. The number of likely N-dealkylation sites (tertiary alicyclic amines) is 3. The molecule has 1 aromatic rings. The minimum Gasteiger partial charge on any atom is -0.351 e. The van der Waals surface area contributed by atoms with Gasteiger partial charge < -0.3 is 24.1 Å². The molecule has 152 valence electrons. The molecule has 1 aromatic heterocycles. The number of carbonyl (C=O) groups excluding carboxylic acids is 3. The Morgan fingerprint density at radius 3 is 2.54 bits per heavy atom. The molecule has 3 fully saturated rings. The first-order valence-electron chi connectivity index (χ1n) is 9.86. The van der Waals surface area contributed by atoms with Gasteiger partial charge >= 0.3 is 6.03 Å². The van der Waals surface area contributed by atoms with Crippen LogP contribution < -0.4 is 0 Å². The highest BCUT2D eigenvalue weighted by Gasteiger charge is 2.62. The average molecular weight is 389 g/mol. The minimum atomic E-state index is -0.282. The van der Waals surface area contributed by atoms with Crippen molar-refractivity contribution in [3.05, 3.63) is 18.0 Å². The third-order valence-electron chi connectivity index (χ3n) is 6.67. The summed E-state index contributed by atoms with van der Waals surface area (Å²) >= 11 is 0. The number of hydrogen-bond acceptors (Lipinski definition) is 5. The first kappa shape index (κ1) is 18.8. The number of urea groups is 1. The van der Waals surface area contributed by atoms with Gasteiger partial charge in [-0.25, -0.2) is 4.79 Å². The van der Waals surface area contributed by atoms with Crippen molar-refractivity contribution >= 4 is 17.8 Å². The fourth-order valence-electron chi connectivity index (χ4n) is 5.35. The highest BCUT2D eigenvalue weighted by Crippen LogP contribution is 2.49. The summed E-state index contributed by atoms with van der Waals surface area (Å²) in [6, 6.07) is 1.53. The zero-order valence-corrected chi connectivity index (χ0v) is 16.6. The lowest BCUT2D eigenvalue weighted by Gasteiger charge is -2.47. The number of amides is 4. The van der Waals surface area contributed by atoms with E-state index in [0.29, 0.717) is 32.7 Å². The van der Waals surface area contributed by atoms with Crippen LogP contribution in [0, 0.1) is 11.8 Å². The zero-order valence-electron chi connectivity index (χ0n) is 16.6. The SMILES string of the molecule is CCN1C(=O)[C@H]2CN(C(=O)N(C)C)C[C@H]2C12CCN(C(=O)c1ccno1)CC2. The molecule has 0 unspecified atom stereocenters. The second-order valence-electron chi connectivity index (χ2n) is 8.15. The monoisotopic (exact) mass is 389 g/mol. The van der Waals surface area contributed by atoms with E-state index >= 15 is 0 Å². The Hall–Kier alpha value is -2.58. The average Bonchev–Trinajstić information content (AvgIpc) is 3.40. The molecule has 3 aliphatic heterocycles. The predicted octanol–water partition coefficient (Wildman–Crippen LogP) is 0.741. The van der Waals surface area contributed by atoms with Gasteiger partial charge in [-0.05, 0) is 19.8 Å². The molecule has 28 heavy (non-hydrogen) atoms. The molecule has 3 aliphatic rings. The molecule has 0 N–H and O–H groups in total. The molecule has 9 nitrogen and oxygen atoms in total. The number of hydrogen-bond donors (Lipinski definition) is 0. The second kappa shape index (κ2) is 6.79. The lowest BCUT2D eigenvalue weighted by Crippen LogP contribution is -2.58. The maximum absolute atomic E-state index is 13.1. The Bertz CT molecular complexity index is 769. The smallest absolute Gasteiger partial charge is 0.319 e. The van der Waals surface area contributed by atoms with Crippen LogP contribution in [-0.2, 0) is 4.79 Å². The van der Waals surface area contributed by atoms with Gasteiger partial charge in [0, 0.05) is 58.8 Å². The maximum atomic E-state index is 13.1. The molecule has 0 bridgehead atoms. The summed E-state index contributed by atoms with van der Waals surface area (Å²) in [5.74, 6) is 0.211. The second-order valence-corrected chi connectivity index (χ2v) is 8.15. The summed E-state index contributed by atoms with van der Waals surface area (Å²) < 4.78 is 5.00. The quantitative estimate of drug-likeness (QED) is 0.744. The molecule has 0 aromatic carbocycles. The van der Waals surface area contributed by atoms with E-state index in [1.165, 1.54) is 6.20 Å². The van der Waals surface area contributed by atoms with Crippen LogP contribution in [0.15, 0.2) is 16.8 Å². The van der Waals surface area contributed by atoms with Crippen LogP contribution in [0.1, 0.15) is 30.3 Å². The van der Waals surface area contributed by atoms with Gasteiger partial charge in [-0.15, -0.1) is 0 Å². The summed E-state index contributed by atoms with van der Waals surface area (Å²) in [4.78, 5) is 45.3. The van der Waals surface area contributed by atoms with Crippen molar-refractivity contribution in [3.63, 3.8) is 0 Å². The molecule has 4 rings (SSSR count). The summed E-state index contributed by atoms with van der Waals surface area (Å²) in [7, 11) is 3.47. The van der Waals surface area contributed by atoms with Crippen molar-refractivity contribution in [1.29, 1.82) is 0 Å². The summed E-state index contributed by atoms with van der Waals surface area (Å²) in [5.41, 5.74) is -0.282. The standard InChI is InChI=1S/C19H27N5O4/c1-4-24-16(25)13-11-23(18(27)21(2)3)12-14(13)19(24)6-9-22(10-7-19)17(26)15-5-8-20-28-15/h5,8,13-14H,4,6-7,9-12H2,1-3H3/t13-,14+/m0/s1. The van der Waals surface area contributed by atoms with Gasteiger partial charge in [0.1, 0.15) is 0 Å². The Kier molecular flexibility index (Phi) is 4.55. The number of aromatic nitrogens is 1. The van der Waals surface area contributed by atoms with Crippen molar-refractivity contribution in [3.8, 4) is 0 Å². The Balaban J connectivity index is 1.53. The number of nitrogens with zero attached hydrogens (tertiary/aromatic N) is 5. The van der Waals surface area contributed by atoms with Crippen LogP contribution in [0.25, 0.3) is 0 Å². The van der Waals surface area contributed by atoms with Gasteiger partial charge in [-0.2, -0.15) is 0 Å². The number of piperidine rings is 1. The largest absolute Gasteiger partial charge is 0.351 e. The molecule has 3 saturated heterocycles. The van der Waals surface area contributed by atoms with E-state index in [2.05, 4.69) is 5.16 Å². The molecule has 4 amide bonds. The lowest BCUT2D eigenvalue weighted by molar-refractivity contribution is -0.135. The number of fused-ring (bicyclic) bond motifs is 2. The van der Waals surface area contributed by atoms with E-state index in [1.54, 1.807) is 34.9 Å². The number of rotatable bonds is 2. The van der Waals surface area contributed by atoms with Crippen LogP contribution in [0.5, 0.6) is 0 Å².